The van der Waals surface area contributed by atoms with Crippen LogP contribution in [-0.2, 0) is 4.74 Å². The molecule has 0 spiro atoms. The van der Waals surface area contributed by atoms with Crippen LogP contribution >= 0.6 is 0 Å². The van der Waals surface area contributed by atoms with E-state index in [-0.39, 0.29) is 12.1 Å². The van der Waals surface area contributed by atoms with Crippen molar-refractivity contribution in [2.45, 2.75) is 78.0 Å². The molecule has 2 saturated carbocycles. The molecule has 4 nitrogen and oxygen atoms in total. The van der Waals surface area contributed by atoms with Crippen molar-refractivity contribution < 1.29 is 14.9 Å². The lowest BCUT2D eigenvalue weighted by molar-refractivity contribution is -0.0549. The molecular weight excluding hydrogens is 278 g/mol. The molecule has 2 aliphatic carbocycles. The van der Waals surface area contributed by atoms with Gasteiger partial charge in [0.2, 0.25) is 0 Å². The van der Waals surface area contributed by atoms with Crippen LogP contribution in [0.15, 0.2) is 0 Å². The first-order chi connectivity index (χ1) is 10.1. The Bertz CT molecular complexity index is 383. The molecule has 22 heavy (non-hydrogen) atoms. The van der Waals surface area contributed by atoms with Crippen LogP contribution in [0.3, 0.4) is 0 Å². The highest BCUT2D eigenvalue weighted by Gasteiger charge is 2.61. The Morgan fingerprint density at radius 3 is 2.50 bits per heavy atom. The molecule has 0 saturated heterocycles. The predicted octanol–water partition coefficient (Wildman–Crippen LogP) is 2.33. The number of aliphatic hydroxyl groups excluding tert-OH is 2. The zero-order valence-corrected chi connectivity index (χ0v) is 15.0. The number of fused-ring (bicyclic) bond motifs is 2. The zero-order chi connectivity index (χ0) is 16.6. The summed E-state index contributed by atoms with van der Waals surface area (Å²) in [7, 11) is 0. The van der Waals surface area contributed by atoms with Gasteiger partial charge in [0.05, 0.1) is 18.8 Å². The third-order valence-electron chi connectivity index (χ3n) is 6.70. The molecule has 0 amide bonds. The minimum atomic E-state index is -0.426. The third kappa shape index (κ3) is 3.35. The maximum Gasteiger partial charge on any atom is 0.0686 e. The highest BCUT2D eigenvalue weighted by atomic mass is 16.5. The van der Waals surface area contributed by atoms with Gasteiger partial charge in [0.25, 0.3) is 0 Å². The lowest BCUT2D eigenvalue weighted by Crippen LogP contribution is -2.46. The van der Waals surface area contributed by atoms with E-state index in [1.807, 2.05) is 13.8 Å². The van der Waals surface area contributed by atoms with E-state index in [1.54, 1.807) is 0 Å². The van der Waals surface area contributed by atoms with E-state index < -0.39 is 6.10 Å². The van der Waals surface area contributed by atoms with Gasteiger partial charge in [-0.3, -0.25) is 0 Å². The van der Waals surface area contributed by atoms with Crippen LogP contribution in [0.2, 0.25) is 0 Å². The number of β-amino-alcohol motifs (C(OH)–C–C–N with tert-alkyl or cyclic N) is 1. The van der Waals surface area contributed by atoms with E-state index in [4.69, 9.17) is 4.74 Å². The van der Waals surface area contributed by atoms with Crippen LogP contribution < -0.4 is 5.32 Å². The smallest absolute Gasteiger partial charge is 0.0686 e. The lowest BCUT2D eigenvalue weighted by Gasteiger charge is -2.39. The van der Waals surface area contributed by atoms with Crippen LogP contribution in [0.5, 0.6) is 0 Å². The average molecular weight is 313 g/mol. The monoisotopic (exact) mass is 313 g/mol. The molecule has 0 aromatic carbocycles. The quantitative estimate of drug-likeness (QED) is 0.643. The fourth-order valence-corrected chi connectivity index (χ4v) is 4.28. The van der Waals surface area contributed by atoms with Crippen molar-refractivity contribution >= 4 is 0 Å². The Morgan fingerprint density at radius 2 is 2.00 bits per heavy atom. The second-order valence-electron chi connectivity index (χ2n) is 8.84. The molecule has 0 aromatic rings. The van der Waals surface area contributed by atoms with E-state index in [0.717, 1.165) is 5.92 Å². The lowest BCUT2D eigenvalue weighted by atomic mass is 9.70. The van der Waals surface area contributed by atoms with Gasteiger partial charge in [-0.25, -0.2) is 0 Å². The van der Waals surface area contributed by atoms with Crippen molar-refractivity contribution in [1.29, 1.82) is 0 Å². The summed E-state index contributed by atoms with van der Waals surface area (Å²) < 4.78 is 6.17. The molecule has 2 fully saturated rings. The molecule has 4 atom stereocenters. The van der Waals surface area contributed by atoms with Crippen LogP contribution in [0, 0.1) is 16.7 Å². The van der Waals surface area contributed by atoms with Crippen molar-refractivity contribution in [3.63, 3.8) is 0 Å². The first-order valence-corrected chi connectivity index (χ1v) is 8.78. The minimum absolute atomic E-state index is 0.0626. The van der Waals surface area contributed by atoms with Crippen LogP contribution in [0.25, 0.3) is 0 Å². The second kappa shape index (κ2) is 6.39. The first kappa shape index (κ1) is 18.2. The molecule has 3 N–H and O–H groups in total. The number of aliphatic hydroxyl groups is 2. The van der Waals surface area contributed by atoms with Crippen LogP contribution in [0.4, 0.5) is 0 Å². The highest BCUT2D eigenvalue weighted by Crippen LogP contribution is 2.66. The SMILES string of the molecule is CC(C)(CO)NC[C@H](O)CCO[C@H]1C[C@H]2CC[C@@]1(C)C2(C)C. The van der Waals surface area contributed by atoms with Crippen molar-refractivity contribution in [3.05, 3.63) is 0 Å². The van der Waals surface area contributed by atoms with Gasteiger partial charge in [0, 0.05) is 18.7 Å². The van der Waals surface area contributed by atoms with E-state index >= 15 is 0 Å². The maximum absolute atomic E-state index is 10.1. The van der Waals surface area contributed by atoms with Crippen molar-refractivity contribution in [1.82, 2.24) is 5.32 Å². The van der Waals surface area contributed by atoms with Crippen molar-refractivity contribution in [2.75, 3.05) is 19.8 Å². The molecule has 0 aromatic heterocycles. The molecule has 4 heteroatoms. The Labute approximate surface area is 135 Å². The predicted molar refractivity (Wildman–Crippen MR) is 88.8 cm³/mol. The summed E-state index contributed by atoms with van der Waals surface area (Å²) in [6.07, 6.45) is 4.35. The second-order valence-corrected chi connectivity index (χ2v) is 8.84. The molecule has 0 unspecified atom stereocenters. The summed E-state index contributed by atoms with van der Waals surface area (Å²) in [5.41, 5.74) is 0.326. The Hall–Kier alpha value is -0.160. The van der Waals surface area contributed by atoms with Gasteiger partial charge in [-0.05, 0) is 56.3 Å². The fraction of sp³-hybridized carbons (Fsp3) is 1.00. The topological polar surface area (TPSA) is 61.7 Å². The largest absolute Gasteiger partial charge is 0.394 e. The normalized spacial score (nSPS) is 35.0. The van der Waals surface area contributed by atoms with Gasteiger partial charge in [-0.2, -0.15) is 0 Å². The summed E-state index contributed by atoms with van der Waals surface area (Å²) in [6, 6.07) is 0. The Morgan fingerprint density at radius 1 is 1.32 bits per heavy atom. The summed E-state index contributed by atoms with van der Waals surface area (Å²) in [6.45, 7) is 12.2. The van der Waals surface area contributed by atoms with E-state index in [9.17, 15) is 10.2 Å². The number of hydrogen-bond acceptors (Lipinski definition) is 4. The van der Waals surface area contributed by atoms with E-state index in [0.29, 0.717) is 36.5 Å². The van der Waals surface area contributed by atoms with Gasteiger partial charge in [-0.15, -0.1) is 0 Å². The molecule has 2 rings (SSSR count). The molecule has 2 bridgehead atoms. The van der Waals surface area contributed by atoms with E-state index in [2.05, 4.69) is 26.1 Å². The molecule has 130 valence electrons. The molecule has 0 aliphatic heterocycles. The fourth-order valence-electron chi connectivity index (χ4n) is 4.28. The minimum Gasteiger partial charge on any atom is -0.394 e. The summed E-state index contributed by atoms with van der Waals surface area (Å²) in [5.74, 6) is 0.791. The number of hydrogen-bond donors (Lipinski definition) is 3. The number of ether oxygens (including phenoxy) is 1. The van der Waals surface area contributed by atoms with Crippen molar-refractivity contribution in [3.8, 4) is 0 Å². The molecule has 2 aliphatic rings. The average Bonchev–Trinajstić information content (AvgIpc) is 2.78. The highest BCUT2D eigenvalue weighted by molar-refractivity contribution is 5.11. The maximum atomic E-state index is 10.1. The van der Waals surface area contributed by atoms with Gasteiger partial charge in [-0.1, -0.05) is 20.8 Å². The van der Waals surface area contributed by atoms with Gasteiger partial charge >= 0.3 is 0 Å². The van der Waals surface area contributed by atoms with Gasteiger partial charge < -0.3 is 20.3 Å². The standard InChI is InChI=1S/C18H35NO3/c1-16(2,12-20)19-11-14(21)7-9-22-15-10-13-6-8-18(15,5)17(13,3)4/h13-15,19-21H,6-12H2,1-5H3/t13-,14-,15+,18-/m1/s1. The molecular formula is C18H35NO3. The van der Waals surface area contributed by atoms with E-state index in [1.165, 1.54) is 19.3 Å². The number of nitrogens with one attached hydrogen (secondary N) is 1. The Balaban J connectivity index is 1.72. The van der Waals surface area contributed by atoms with Crippen molar-refractivity contribution in [2.24, 2.45) is 16.7 Å². The van der Waals surface area contributed by atoms with Crippen LogP contribution in [0.1, 0.15) is 60.3 Å². The number of rotatable bonds is 8. The van der Waals surface area contributed by atoms with Gasteiger partial charge in [0.15, 0.2) is 0 Å². The van der Waals surface area contributed by atoms with Gasteiger partial charge in [0.1, 0.15) is 0 Å². The summed E-state index contributed by atoms with van der Waals surface area (Å²) >= 11 is 0. The summed E-state index contributed by atoms with van der Waals surface area (Å²) in [4.78, 5) is 0. The van der Waals surface area contributed by atoms with Crippen LogP contribution in [-0.4, -0.2) is 47.7 Å². The first-order valence-electron chi connectivity index (χ1n) is 8.78. The molecule has 0 heterocycles. The Kier molecular flexibility index (Phi) is 5.28. The summed E-state index contributed by atoms with van der Waals surface area (Å²) in [5, 5.41) is 22.4. The zero-order valence-electron chi connectivity index (χ0n) is 15.0. The molecule has 0 radical (unpaired) electrons. The third-order valence-corrected chi connectivity index (χ3v) is 6.70.